The van der Waals surface area contributed by atoms with Crippen LogP contribution in [0.15, 0.2) is 0 Å². The van der Waals surface area contributed by atoms with Gasteiger partial charge < -0.3 is 16.2 Å². The molecule has 0 radical (unpaired) electrons. The normalized spacial score (nSPS) is 14.3. The predicted octanol–water partition coefficient (Wildman–Crippen LogP) is 1.89. The third-order valence-corrected chi connectivity index (χ3v) is 3.41. The molecule has 5 heteroatoms. The molecule has 1 heterocycles. The quantitative estimate of drug-likeness (QED) is 0.720. The van der Waals surface area contributed by atoms with Gasteiger partial charge in [-0.1, -0.05) is 13.8 Å². The number of nitrogens with two attached hydrogens (primary N) is 1. The van der Waals surface area contributed by atoms with Gasteiger partial charge in [-0.25, -0.2) is 9.97 Å². The smallest absolute Gasteiger partial charge is 0.135 e. The van der Waals surface area contributed by atoms with Crippen LogP contribution in [0, 0.1) is 6.92 Å². The summed E-state index contributed by atoms with van der Waals surface area (Å²) in [5.74, 6) is 2.03. The minimum absolute atomic E-state index is 0.150. The second kappa shape index (κ2) is 6.00. The zero-order chi connectivity index (χ0) is 13.8. The van der Waals surface area contributed by atoms with Gasteiger partial charge in [0.2, 0.25) is 0 Å². The molecule has 0 aliphatic heterocycles. The molecule has 1 rings (SSSR count). The van der Waals surface area contributed by atoms with Crippen LogP contribution in [0.25, 0.3) is 0 Å². The zero-order valence-electron chi connectivity index (χ0n) is 11.7. The summed E-state index contributed by atoms with van der Waals surface area (Å²) in [6.07, 6.45) is 2.33. The van der Waals surface area contributed by atoms with E-state index in [1.807, 2.05) is 13.8 Å². The van der Waals surface area contributed by atoms with Crippen LogP contribution in [0.2, 0.25) is 0 Å². The summed E-state index contributed by atoms with van der Waals surface area (Å²) in [5, 5.41) is 12.5. The molecule has 1 unspecified atom stereocenters. The second-order valence-corrected chi connectivity index (χ2v) is 4.87. The SMILES string of the molecule is CCc1nc(N)c(C)c(NC(C)(CC)CCO)n1. The third kappa shape index (κ3) is 3.32. The van der Waals surface area contributed by atoms with Crippen LogP contribution >= 0.6 is 0 Å². The van der Waals surface area contributed by atoms with Crippen LogP contribution in [0.1, 0.15) is 45.0 Å². The van der Waals surface area contributed by atoms with E-state index in [4.69, 9.17) is 10.8 Å². The van der Waals surface area contributed by atoms with E-state index >= 15 is 0 Å². The van der Waals surface area contributed by atoms with Crippen molar-refractivity contribution in [2.24, 2.45) is 0 Å². The van der Waals surface area contributed by atoms with Crippen molar-refractivity contribution in [2.75, 3.05) is 17.7 Å². The summed E-state index contributed by atoms with van der Waals surface area (Å²) in [6.45, 7) is 8.22. The highest BCUT2D eigenvalue weighted by molar-refractivity contribution is 5.55. The van der Waals surface area contributed by atoms with Crippen molar-refractivity contribution in [1.82, 2.24) is 9.97 Å². The lowest BCUT2D eigenvalue weighted by molar-refractivity contribution is 0.251. The van der Waals surface area contributed by atoms with E-state index in [1.54, 1.807) is 0 Å². The second-order valence-electron chi connectivity index (χ2n) is 4.87. The van der Waals surface area contributed by atoms with Crippen LogP contribution in [0.3, 0.4) is 0 Å². The first-order chi connectivity index (χ1) is 8.45. The van der Waals surface area contributed by atoms with Crippen LogP contribution in [-0.4, -0.2) is 27.2 Å². The fraction of sp³-hybridized carbons (Fsp3) is 0.692. The Balaban J connectivity index is 3.05. The number of hydrogen-bond acceptors (Lipinski definition) is 5. The molecular weight excluding hydrogens is 228 g/mol. The van der Waals surface area contributed by atoms with Gasteiger partial charge in [0, 0.05) is 24.1 Å². The van der Waals surface area contributed by atoms with Crippen molar-refractivity contribution < 1.29 is 5.11 Å². The Labute approximate surface area is 109 Å². The summed E-state index contributed by atoms with van der Waals surface area (Å²) in [6, 6.07) is 0. The standard InChI is InChI=1S/C13H24N4O/c1-5-10-15-11(14)9(3)12(16-10)17-13(4,6-2)7-8-18/h18H,5-8H2,1-4H3,(H3,14,15,16,17). The number of aryl methyl sites for hydroxylation is 1. The molecule has 0 aliphatic rings. The van der Waals surface area contributed by atoms with E-state index in [9.17, 15) is 0 Å². The molecule has 1 atom stereocenters. The molecule has 0 aliphatic carbocycles. The Morgan fingerprint density at radius 2 is 2.00 bits per heavy atom. The minimum Gasteiger partial charge on any atom is -0.396 e. The fourth-order valence-electron chi connectivity index (χ4n) is 1.72. The Kier molecular flexibility index (Phi) is 4.90. The van der Waals surface area contributed by atoms with Gasteiger partial charge in [0.05, 0.1) is 0 Å². The van der Waals surface area contributed by atoms with Crippen molar-refractivity contribution in [2.45, 2.75) is 52.5 Å². The van der Waals surface area contributed by atoms with E-state index in [0.29, 0.717) is 12.2 Å². The van der Waals surface area contributed by atoms with Crippen molar-refractivity contribution >= 4 is 11.6 Å². The zero-order valence-corrected chi connectivity index (χ0v) is 11.7. The van der Waals surface area contributed by atoms with Gasteiger partial charge >= 0.3 is 0 Å². The minimum atomic E-state index is -0.175. The molecule has 0 amide bonds. The number of aromatic nitrogens is 2. The van der Waals surface area contributed by atoms with Gasteiger partial charge in [-0.15, -0.1) is 0 Å². The molecule has 0 saturated carbocycles. The topological polar surface area (TPSA) is 84.1 Å². The van der Waals surface area contributed by atoms with E-state index in [1.165, 1.54) is 0 Å². The molecule has 0 aromatic carbocycles. The lowest BCUT2D eigenvalue weighted by Crippen LogP contribution is -2.36. The maximum atomic E-state index is 9.14. The molecule has 18 heavy (non-hydrogen) atoms. The number of rotatable bonds is 6. The highest BCUT2D eigenvalue weighted by atomic mass is 16.3. The summed E-state index contributed by atoms with van der Waals surface area (Å²) in [7, 11) is 0. The number of nitrogen functional groups attached to an aromatic ring is 1. The number of anilines is 2. The van der Waals surface area contributed by atoms with Crippen LogP contribution in [0.4, 0.5) is 11.6 Å². The number of aliphatic hydroxyl groups is 1. The average Bonchev–Trinajstić information content (AvgIpc) is 2.35. The molecular formula is C13H24N4O. The van der Waals surface area contributed by atoms with E-state index < -0.39 is 0 Å². The van der Waals surface area contributed by atoms with Gasteiger partial charge in [-0.05, 0) is 26.7 Å². The molecule has 0 fully saturated rings. The molecule has 1 aromatic rings. The summed E-state index contributed by atoms with van der Waals surface area (Å²) < 4.78 is 0. The van der Waals surface area contributed by atoms with E-state index in [-0.39, 0.29) is 12.1 Å². The van der Waals surface area contributed by atoms with Gasteiger partial charge in [0.15, 0.2) is 0 Å². The molecule has 0 bridgehead atoms. The van der Waals surface area contributed by atoms with Gasteiger partial charge in [-0.2, -0.15) is 0 Å². The summed E-state index contributed by atoms with van der Waals surface area (Å²) in [5.41, 5.74) is 6.58. The van der Waals surface area contributed by atoms with Crippen molar-refractivity contribution in [3.05, 3.63) is 11.4 Å². The van der Waals surface area contributed by atoms with Crippen molar-refractivity contribution in [3.8, 4) is 0 Å². The molecule has 102 valence electrons. The summed E-state index contributed by atoms with van der Waals surface area (Å²) in [4.78, 5) is 8.71. The van der Waals surface area contributed by atoms with Crippen LogP contribution in [-0.2, 0) is 6.42 Å². The maximum Gasteiger partial charge on any atom is 0.135 e. The third-order valence-electron chi connectivity index (χ3n) is 3.41. The molecule has 5 nitrogen and oxygen atoms in total. The Hall–Kier alpha value is -1.36. The first-order valence-electron chi connectivity index (χ1n) is 6.47. The molecule has 0 saturated heterocycles. The Morgan fingerprint density at radius 3 is 2.50 bits per heavy atom. The summed E-state index contributed by atoms with van der Waals surface area (Å²) >= 11 is 0. The lowest BCUT2D eigenvalue weighted by Gasteiger charge is -2.30. The van der Waals surface area contributed by atoms with E-state index in [0.717, 1.165) is 30.0 Å². The largest absolute Gasteiger partial charge is 0.396 e. The maximum absolute atomic E-state index is 9.14. The van der Waals surface area contributed by atoms with Gasteiger partial charge in [0.1, 0.15) is 17.5 Å². The average molecular weight is 252 g/mol. The molecule has 1 aromatic heterocycles. The number of nitrogens with one attached hydrogen (secondary N) is 1. The number of nitrogens with zero attached hydrogens (tertiary/aromatic N) is 2. The first-order valence-corrected chi connectivity index (χ1v) is 6.47. The van der Waals surface area contributed by atoms with Gasteiger partial charge in [-0.3, -0.25) is 0 Å². The monoisotopic (exact) mass is 252 g/mol. The Bertz CT molecular complexity index is 408. The number of aliphatic hydroxyl groups excluding tert-OH is 1. The van der Waals surface area contributed by atoms with Crippen molar-refractivity contribution in [3.63, 3.8) is 0 Å². The van der Waals surface area contributed by atoms with Crippen LogP contribution in [0.5, 0.6) is 0 Å². The predicted molar refractivity (Wildman–Crippen MR) is 74.6 cm³/mol. The highest BCUT2D eigenvalue weighted by Crippen LogP contribution is 2.25. The fourth-order valence-corrected chi connectivity index (χ4v) is 1.72. The molecule has 0 spiro atoms. The molecule has 4 N–H and O–H groups in total. The van der Waals surface area contributed by atoms with Crippen LogP contribution < -0.4 is 11.1 Å². The van der Waals surface area contributed by atoms with Gasteiger partial charge in [0.25, 0.3) is 0 Å². The lowest BCUT2D eigenvalue weighted by atomic mass is 9.94. The number of hydrogen-bond donors (Lipinski definition) is 3. The van der Waals surface area contributed by atoms with Crippen molar-refractivity contribution in [1.29, 1.82) is 0 Å². The van der Waals surface area contributed by atoms with E-state index in [2.05, 4.69) is 29.1 Å². The highest BCUT2D eigenvalue weighted by Gasteiger charge is 2.23. The first kappa shape index (κ1) is 14.7. The Morgan fingerprint density at radius 1 is 1.33 bits per heavy atom.